The van der Waals surface area contributed by atoms with E-state index < -0.39 is 0 Å². The summed E-state index contributed by atoms with van der Waals surface area (Å²) < 4.78 is 0. The lowest BCUT2D eigenvalue weighted by Crippen LogP contribution is -1.88. The zero-order valence-electron chi connectivity index (χ0n) is 25.1. The van der Waals surface area contributed by atoms with Gasteiger partial charge in [-0.3, -0.25) is 0 Å². The molecule has 0 aliphatic carbocycles. The van der Waals surface area contributed by atoms with Crippen LogP contribution in [-0.2, 0) is 0 Å². The van der Waals surface area contributed by atoms with Crippen molar-refractivity contribution in [2.45, 2.75) is 0 Å². The highest BCUT2D eigenvalue weighted by Gasteiger charge is 2.11. The van der Waals surface area contributed by atoms with Crippen LogP contribution in [0.15, 0.2) is 170 Å². The molecule has 0 amide bonds. The van der Waals surface area contributed by atoms with E-state index in [0.717, 1.165) is 66.8 Å². The lowest BCUT2D eigenvalue weighted by atomic mass is 9.92. The zero-order chi connectivity index (χ0) is 31.3. The maximum atomic E-state index is 9.92. The third-order valence-electron chi connectivity index (χ3n) is 8.39. The first-order valence-electron chi connectivity index (χ1n) is 15.2. The van der Waals surface area contributed by atoms with Gasteiger partial charge in [0.15, 0.2) is 0 Å². The molecule has 0 unspecified atom stereocenters. The first kappa shape index (κ1) is 28.3. The topological polar surface area (TPSA) is 47.6 Å². The molecule has 0 saturated carbocycles. The second kappa shape index (κ2) is 12.6. The van der Waals surface area contributed by atoms with Gasteiger partial charge in [-0.05, 0) is 91.5 Å². The SMILES string of the molecule is N#Cc1cc(-c2cccc(-c3cccc(-c4ccc(-c5ccc(C#N)c(-c6ccccc6)c5)cc4)c3)c2)ccc1-c1ccccc1. The van der Waals surface area contributed by atoms with Crippen molar-refractivity contribution in [3.05, 3.63) is 181 Å². The summed E-state index contributed by atoms with van der Waals surface area (Å²) in [6, 6.07) is 62.6. The van der Waals surface area contributed by atoms with Crippen molar-refractivity contribution in [1.82, 2.24) is 0 Å². The minimum absolute atomic E-state index is 0.664. The Morgan fingerprint density at radius 2 is 0.652 bits per heavy atom. The van der Waals surface area contributed by atoms with E-state index in [1.54, 1.807) is 0 Å². The Morgan fingerprint density at radius 3 is 1.17 bits per heavy atom. The molecule has 0 aliphatic rings. The molecule has 2 nitrogen and oxygen atoms in total. The zero-order valence-corrected chi connectivity index (χ0v) is 25.1. The summed E-state index contributed by atoms with van der Waals surface area (Å²) in [5.74, 6) is 0. The van der Waals surface area contributed by atoms with Crippen LogP contribution in [0.5, 0.6) is 0 Å². The predicted molar refractivity (Wildman–Crippen MR) is 188 cm³/mol. The van der Waals surface area contributed by atoms with Crippen LogP contribution < -0.4 is 0 Å². The van der Waals surface area contributed by atoms with Gasteiger partial charge in [0, 0.05) is 5.56 Å². The first-order valence-corrected chi connectivity index (χ1v) is 15.2. The van der Waals surface area contributed by atoms with E-state index in [9.17, 15) is 10.5 Å². The van der Waals surface area contributed by atoms with Gasteiger partial charge in [0.05, 0.1) is 23.3 Å². The molecular weight excluding hydrogens is 556 g/mol. The van der Waals surface area contributed by atoms with Gasteiger partial charge in [-0.25, -0.2) is 0 Å². The summed E-state index contributed by atoms with van der Waals surface area (Å²) in [7, 11) is 0. The second-order valence-corrected chi connectivity index (χ2v) is 11.2. The molecule has 46 heavy (non-hydrogen) atoms. The molecule has 7 rings (SSSR count). The Balaban J connectivity index is 1.16. The van der Waals surface area contributed by atoms with Gasteiger partial charge in [0.2, 0.25) is 0 Å². The maximum Gasteiger partial charge on any atom is 0.0998 e. The van der Waals surface area contributed by atoms with Gasteiger partial charge in [-0.1, -0.05) is 140 Å². The third kappa shape index (κ3) is 5.72. The average molecular weight is 585 g/mol. The van der Waals surface area contributed by atoms with Crippen molar-refractivity contribution >= 4 is 0 Å². The van der Waals surface area contributed by atoms with Gasteiger partial charge in [0.1, 0.15) is 0 Å². The summed E-state index contributed by atoms with van der Waals surface area (Å²) in [5, 5.41) is 19.6. The van der Waals surface area contributed by atoms with E-state index >= 15 is 0 Å². The van der Waals surface area contributed by atoms with Crippen molar-refractivity contribution in [1.29, 1.82) is 10.5 Å². The lowest BCUT2D eigenvalue weighted by Gasteiger charge is -2.11. The first-order chi connectivity index (χ1) is 22.7. The van der Waals surface area contributed by atoms with E-state index in [0.29, 0.717) is 11.1 Å². The average Bonchev–Trinajstić information content (AvgIpc) is 3.15. The largest absolute Gasteiger partial charge is 0.192 e. The van der Waals surface area contributed by atoms with Crippen molar-refractivity contribution < 1.29 is 0 Å². The predicted octanol–water partition coefficient (Wildman–Crippen LogP) is 11.4. The van der Waals surface area contributed by atoms with E-state index in [-0.39, 0.29) is 0 Å². The minimum atomic E-state index is 0.664. The Bertz CT molecular complexity index is 2250. The number of rotatable bonds is 6. The van der Waals surface area contributed by atoms with Crippen LogP contribution in [0.2, 0.25) is 0 Å². The molecule has 214 valence electrons. The molecule has 0 bridgehead atoms. The van der Waals surface area contributed by atoms with E-state index in [2.05, 4.69) is 97.1 Å². The fourth-order valence-corrected chi connectivity index (χ4v) is 5.98. The number of benzene rings is 7. The highest BCUT2D eigenvalue weighted by molar-refractivity contribution is 5.82. The van der Waals surface area contributed by atoms with Crippen LogP contribution in [0.3, 0.4) is 0 Å². The van der Waals surface area contributed by atoms with Crippen molar-refractivity contribution in [2.24, 2.45) is 0 Å². The van der Waals surface area contributed by atoms with E-state index in [1.165, 1.54) is 0 Å². The molecule has 0 aromatic heterocycles. The van der Waals surface area contributed by atoms with Crippen molar-refractivity contribution in [3.63, 3.8) is 0 Å². The Labute approximate surface area is 269 Å². The monoisotopic (exact) mass is 584 g/mol. The quantitative estimate of drug-likeness (QED) is 0.195. The minimum Gasteiger partial charge on any atom is -0.192 e. The molecule has 0 N–H and O–H groups in total. The van der Waals surface area contributed by atoms with Crippen molar-refractivity contribution in [2.75, 3.05) is 0 Å². The summed E-state index contributed by atoms with van der Waals surface area (Å²) >= 11 is 0. The summed E-state index contributed by atoms with van der Waals surface area (Å²) in [5.41, 5.74) is 14.1. The maximum absolute atomic E-state index is 9.92. The molecule has 0 atom stereocenters. The summed E-state index contributed by atoms with van der Waals surface area (Å²) in [4.78, 5) is 0. The fourth-order valence-electron chi connectivity index (χ4n) is 5.98. The molecule has 0 radical (unpaired) electrons. The molecule has 0 aliphatic heterocycles. The van der Waals surface area contributed by atoms with E-state index in [4.69, 9.17) is 0 Å². The van der Waals surface area contributed by atoms with Crippen molar-refractivity contribution in [3.8, 4) is 78.9 Å². The number of hydrogen-bond donors (Lipinski definition) is 0. The molecular formula is C44H28N2. The summed E-state index contributed by atoms with van der Waals surface area (Å²) in [6.07, 6.45) is 0. The van der Waals surface area contributed by atoms with Crippen LogP contribution in [0, 0.1) is 22.7 Å². The van der Waals surface area contributed by atoms with Gasteiger partial charge in [-0.15, -0.1) is 0 Å². The number of nitrogens with zero attached hydrogens (tertiary/aromatic N) is 2. The van der Waals surface area contributed by atoms with Gasteiger partial charge in [-0.2, -0.15) is 10.5 Å². The lowest BCUT2D eigenvalue weighted by molar-refractivity contribution is 1.47. The van der Waals surface area contributed by atoms with Gasteiger partial charge < -0.3 is 0 Å². The highest BCUT2D eigenvalue weighted by atomic mass is 14.3. The van der Waals surface area contributed by atoms with Crippen LogP contribution in [-0.4, -0.2) is 0 Å². The van der Waals surface area contributed by atoms with Gasteiger partial charge in [0.25, 0.3) is 0 Å². The molecule has 0 fully saturated rings. The molecule has 0 heterocycles. The molecule has 0 saturated heterocycles. The standard InChI is InChI=1S/C44H28N2/c45-29-41-22-21-40(28-44(41)34-11-5-2-6-12-34)32-19-17-31(18-20-32)35-13-7-14-36(25-35)37-15-8-16-38(26-37)39-23-24-43(42(27-39)30-46)33-9-3-1-4-10-33/h1-28H. The smallest absolute Gasteiger partial charge is 0.0998 e. The molecule has 2 heteroatoms. The van der Waals surface area contributed by atoms with E-state index in [1.807, 2.05) is 84.9 Å². The van der Waals surface area contributed by atoms with Crippen LogP contribution in [0.1, 0.15) is 11.1 Å². The molecule has 7 aromatic rings. The highest BCUT2D eigenvalue weighted by Crippen LogP contribution is 2.34. The molecule has 0 spiro atoms. The Morgan fingerprint density at radius 1 is 0.261 bits per heavy atom. The van der Waals surface area contributed by atoms with Crippen LogP contribution in [0.4, 0.5) is 0 Å². The van der Waals surface area contributed by atoms with Gasteiger partial charge >= 0.3 is 0 Å². The fraction of sp³-hybridized carbons (Fsp3) is 0. The third-order valence-corrected chi connectivity index (χ3v) is 8.39. The van der Waals surface area contributed by atoms with Crippen LogP contribution >= 0.6 is 0 Å². The molecule has 7 aromatic carbocycles. The Kier molecular flexibility index (Phi) is 7.77. The Hall–Kier alpha value is -6.48. The second-order valence-electron chi connectivity index (χ2n) is 11.2. The normalized spacial score (nSPS) is 10.6. The number of nitriles is 2. The summed E-state index contributed by atoms with van der Waals surface area (Å²) in [6.45, 7) is 0. The van der Waals surface area contributed by atoms with Crippen LogP contribution in [0.25, 0.3) is 66.8 Å². The number of hydrogen-bond acceptors (Lipinski definition) is 2.